The number of para-hydroxylation sites is 1. The largest absolute Gasteiger partial charge is 0.374 e. The smallest absolute Gasteiger partial charge is 0.249 e. The molecule has 1 aliphatic rings. The number of carbonyl (C=O) groups is 1. The summed E-state index contributed by atoms with van der Waals surface area (Å²) in [6.45, 7) is 2.20. The monoisotopic (exact) mass is 377 g/mol. The van der Waals surface area contributed by atoms with Crippen molar-refractivity contribution < 1.29 is 17.6 Å². The lowest BCUT2D eigenvalue weighted by molar-refractivity contribution is -0.117. The molecule has 1 unspecified atom stereocenters. The van der Waals surface area contributed by atoms with E-state index in [0.29, 0.717) is 24.3 Å². The van der Waals surface area contributed by atoms with Crippen LogP contribution < -0.4 is 14.9 Å². The molecule has 1 fully saturated rings. The van der Waals surface area contributed by atoms with E-state index >= 15 is 0 Å². The average Bonchev–Trinajstić information content (AvgIpc) is 2.91. The number of benzene rings is 2. The van der Waals surface area contributed by atoms with Crippen molar-refractivity contribution in [3.05, 3.63) is 53.8 Å². The molecule has 8 heteroatoms. The molecule has 6 nitrogen and oxygen atoms in total. The van der Waals surface area contributed by atoms with Crippen molar-refractivity contribution in [2.75, 3.05) is 27.7 Å². The first-order valence-corrected chi connectivity index (χ1v) is 10.0. The summed E-state index contributed by atoms with van der Waals surface area (Å²) in [7, 11) is -3.40. The van der Waals surface area contributed by atoms with Crippen molar-refractivity contribution >= 4 is 33.0 Å². The van der Waals surface area contributed by atoms with Gasteiger partial charge in [-0.3, -0.25) is 9.52 Å². The second-order valence-electron chi connectivity index (χ2n) is 6.33. The third kappa shape index (κ3) is 3.96. The van der Waals surface area contributed by atoms with Crippen LogP contribution in [0.2, 0.25) is 0 Å². The fraction of sp³-hybridized carbons (Fsp3) is 0.278. The van der Waals surface area contributed by atoms with Gasteiger partial charge in [0.25, 0.3) is 0 Å². The minimum Gasteiger partial charge on any atom is -0.374 e. The summed E-state index contributed by atoms with van der Waals surface area (Å²) in [5.41, 5.74) is 2.11. The molecule has 0 aliphatic carbocycles. The average molecular weight is 377 g/mol. The first-order chi connectivity index (χ1) is 12.2. The Morgan fingerprint density at radius 1 is 1.19 bits per heavy atom. The molecule has 138 valence electrons. The molecule has 1 heterocycles. The molecular weight excluding hydrogens is 357 g/mol. The summed E-state index contributed by atoms with van der Waals surface area (Å²) in [4.78, 5) is 14.1. The number of halogens is 1. The number of anilines is 3. The number of amides is 1. The molecule has 1 aliphatic heterocycles. The third-order valence-electron chi connectivity index (χ3n) is 4.22. The van der Waals surface area contributed by atoms with E-state index in [4.69, 9.17) is 0 Å². The van der Waals surface area contributed by atoms with Gasteiger partial charge in [-0.25, -0.2) is 12.8 Å². The van der Waals surface area contributed by atoms with E-state index in [1.54, 1.807) is 43.3 Å². The molecule has 1 saturated heterocycles. The van der Waals surface area contributed by atoms with E-state index < -0.39 is 21.9 Å². The van der Waals surface area contributed by atoms with E-state index in [9.17, 15) is 17.6 Å². The first kappa shape index (κ1) is 18.2. The predicted molar refractivity (Wildman–Crippen MR) is 100 cm³/mol. The van der Waals surface area contributed by atoms with Crippen molar-refractivity contribution in [3.63, 3.8) is 0 Å². The van der Waals surface area contributed by atoms with Gasteiger partial charge in [-0.15, -0.1) is 0 Å². The van der Waals surface area contributed by atoms with Crippen molar-refractivity contribution in [1.82, 2.24) is 0 Å². The number of carbonyl (C=O) groups excluding carboxylic acids is 1. The molecule has 2 N–H and O–H groups in total. The van der Waals surface area contributed by atoms with Gasteiger partial charge in [-0.2, -0.15) is 0 Å². The van der Waals surface area contributed by atoms with Crippen molar-refractivity contribution in [2.45, 2.75) is 19.4 Å². The van der Waals surface area contributed by atoms with Gasteiger partial charge in [0.15, 0.2) is 0 Å². The molecule has 0 aromatic heterocycles. The van der Waals surface area contributed by atoms with Crippen LogP contribution in [0.4, 0.5) is 21.5 Å². The van der Waals surface area contributed by atoms with Crippen LogP contribution in [0.25, 0.3) is 0 Å². The van der Waals surface area contributed by atoms with E-state index in [0.717, 1.165) is 11.8 Å². The van der Waals surface area contributed by atoms with Crippen LogP contribution >= 0.6 is 0 Å². The lowest BCUT2D eigenvalue weighted by atomic mass is 10.1. The summed E-state index contributed by atoms with van der Waals surface area (Å²) in [6, 6.07) is 10.9. The Balaban J connectivity index is 1.77. The van der Waals surface area contributed by atoms with Crippen molar-refractivity contribution in [1.29, 1.82) is 0 Å². The Hall–Kier alpha value is -2.61. The van der Waals surface area contributed by atoms with Crippen molar-refractivity contribution in [2.24, 2.45) is 0 Å². The molecule has 0 spiro atoms. The standard InChI is InChI=1S/C18H20FN3O3S/c1-12-7-8-13(11-16(12)21-26(2,24)25)20-15-9-10-22(18(15)23)17-6-4-3-5-14(17)19/h3-8,11,15,20-21H,9-10H2,1-2H3. The summed E-state index contributed by atoms with van der Waals surface area (Å²) in [5, 5.41) is 3.11. The SMILES string of the molecule is Cc1ccc(NC2CCN(c3ccccc3F)C2=O)cc1NS(C)(=O)=O. The highest BCUT2D eigenvalue weighted by Gasteiger charge is 2.33. The molecule has 1 amide bonds. The van der Waals surface area contributed by atoms with Gasteiger partial charge in [0.2, 0.25) is 15.9 Å². The highest BCUT2D eigenvalue weighted by atomic mass is 32.2. The number of aryl methyl sites for hydroxylation is 1. The third-order valence-corrected chi connectivity index (χ3v) is 4.81. The molecule has 0 bridgehead atoms. The Labute approximate surface area is 152 Å². The first-order valence-electron chi connectivity index (χ1n) is 8.15. The van der Waals surface area contributed by atoms with Crippen LogP contribution in [-0.2, 0) is 14.8 Å². The molecular formula is C18H20FN3O3S. The minimum atomic E-state index is -3.40. The highest BCUT2D eigenvalue weighted by Crippen LogP contribution is 2.27. The Morgan fingerprint density at radius 3 is 2.62 bits per heavy atom. The topological polar surface area (TPSA) is 78.5 Å². The second-order valence-corrected chi connectivity index (χ2v) is 8.08. The fourth-order valence-corrected chi connectivity index (χ4v) is 3.57. The van der Waals surface area contributed by atoms with Gasteiger partial charge in [-0.1, -0.05) is 18.2 Å². The summed E-state index contributed by atoms with van der Waals surface area (Å²) in [6.07, 6.45) is 1.61. The van der Waals surface area contributed by atoms with Gasteiger partial charge in [0.1, 0.15) is 11.9 Å². The predicted octanol–water partition coefficient (Wildman–Crippen LogP) is 2.72. The Bertz CT molecular complexity index is 946. The highest BCUT2D eigenvalue weighted by molar-refractivity contribution is 7.92. The maximum Gasteiger partial charge on any atom is 0.249 e. The van der Waals surface area contributed by atoms with E-state index in [-0.39, 0.29) is 11.6 Å². The molecule has 26 heavy (non-hydrogen) atoms. The Kier molecular flexibility index (Phi) is 4.86. The molecule has 2 aromatic rings. The molecule has 0 saturated carbocycles. The number of hydrogen-bond donors (Lipinski definition) is 2. The fourth-order valence-electron chi connectivity index (χ4n) is 2.95. The van der Waals surface area contributed by atoms with Crippen LogP contribution in [0, 0.1) is 12.7 Å². The van der Waals surface area contributed by atoms with Gasteiger partial charge >= 0.3 is 0 Å². The number of nitrogens with one attached hydrogen (secondary N) is 2. The van der Waals surface area contributed by atoms with E-state index in [1.165, 1.54) is 11.0 Å². The molecule has 2 aromatic carbocycles. The number of nitrogens with zero attached hydrogens (tertiary/aromatic N) is 1. The van der Waals surface area contributed by atoms with Gasteiger partial charge in [0, 0.05) is 12.2 Å². The van der Waals surface area contributed by atoms with Crippen molar-refractivity contribution in [3.8, 4) is 0 Å². The summed E-state index contributed by atoms with van der Waals surface area (Å²) >= 11 is 0. The van der Waals surface area contributed by atoms with E-state index in [1.807, 2.05) is 0 Å². The van der Waals surface area contributed by atoms with Crippen LogP contribution in [0.3, 0.4) is 0 Å². The quantitative estimate of drug-likeness (QED) is 0.840. The summed E-state index contributed by atoms with van der Waals surface area (Å²) in [5.74, 6) is -0.648. The summed E-state index contributed by atoms with van der Waals surface area (Å²) < 4.78 is 39.3. The number of hydrogen-bond acceptors (Lipinski definition) is 4. The molecule has 0 radical (unpaired) electrons. The van der Waals surface area contributed by atoms with Crippen LogP contribution in [0.15, 0.2) is 42.5 Å². The van der Waals surface area contributed by atoms with Crippen LogP contribution in [0.1, 0.15) is 12.0 Å². The van der Waals surface area contributed by atoms with Gasteiger partial charge in [0.05, 0.1) is 17.6 Å². The second kappa shape index (κ2) is 6.95. The zero-order valence-electron chi connectivity index (χ0n) is 14.5. The maximum absolute atomic E-state index is 13.9. The number of sulfonamides is 1. The van der Waals surface area contributed by atoms with Crippen LogP contribution in [0.5, 0.6) is 0 Å². The maximum atomic E-state index is 13.9. The zero-order chi connectivity index (χ0) is 18.9. The van der Waals surface area contributed by atoms with Gasteiger partial charge < -0.3 is 10.2 Å². The van der Waals surface area contributed by atoms with Gasteiger partial charge in [-0.05, 0) is 43.2 Å². The molecule has 3 rings (SSSR count). The van der Waals surface area contributed by atoms with E-state index in [2.05, 4.69) is 10.0 Å². The minimum absolute atomic E-state index is 0.215. The van der Waals surface area contributed by atoms with Crippen LogP contribution in [-0.4, -0.2) is 33.2 Å². The lowest BCUT2D eigenvalue weighted by Crippen LogP contribution is -2.33. The Morgan fingerprint density at radius 2 is 1.92 bits per heavy atom. The molecule has 1 atom stereocenters. The number of rotatable bonds is 5. The zero-order valence-corrected chi connectivity index (χ0v) is 15.3. The normalized spacial score (nSPS) is 17.4. The lowest BCUT2D eigenvalue weighted by Gasteiger charge is -2.19.